The lowest BCUT2D eigenvalue weighted by atomic mass is 9.98. The summed E-state index contributed by atoms with van der Waals surface area (Å²) in [5, 5.41) is 8.98. The van der Waals surface area contributed by atoms with E-state index in [0.717, 1.165) is 0 Å². The molecule has 7 nitrogen and oxygen atoms in total. The van der Waals surface area contributed by atoms with Gasteiger partial charge in [0.25, 0.3) is 0 Å². The summed E-state index contributed by atoms with van der Waals surface area (Å²) >= 11 is 0. The van der Waals surface area contributed by atoms with Gasteiger partial charge in [-0.25, -0.2) is 0 Å². The quantitative estimate of drug-likeness (QED) is 0.546. The van der Waals surface area contributed by atoms with Crippen LogP contribution in [-0.4, -0.2) is 42.5 Å². The molecular formula is C9H17N3O4S. The van der Waals surface area contributed by atoms with E-state index in [-0.39, 0.29) is 18.1 Å². The molecule has 2 atom stereocenters. The second kappa shape index (κ2) is 5.75. The van der Waals surface area contributed by atoms with Crippen molar-refractivity contribution in [1.82, 2.24) is 10.4 Å². The Labute approximate surface area is 101 Å². The molecule has 17 heavy (non-hydrogen) atoms. The number of nitrogens with one attached hydrogen (secondary N) is 1. The average molecular weight is 263 g/mol. The number of rotatable bonds is 4. The Balaban J connectivity index is 2.54. The zero-order valence-corrected chi connectivity index (χ0v) is 10.6. The third kappa shape index (κ3) is 4.57. The van der Waals surface area contributed by atoms with E-state index < -0.39 is 10.4 Å². The molecule has 0 aromatic rings. The highest BCUT2D eigenvalue weighted by Gasteiger charge is 2.30. The Hall–Kier alpha value is -0.720. The van der Waals surface area contributed by atoms with Gasteiger partial charge in [-0.3, -0.25) is 9.45 Å². The highest BCUT2D eigenvalue weighted by molar-refractivity contribution is 7.80. The summed E-state index contributed by atoms with van der Waals surface area (Å²) < 4.78 is 33.4. The molecule has 0 bridgehead atoms. The molecule has 1 rings (SSSR count). The lowest BCUT2D eigenvalue weighted by Gasteiger charge is -2.38. The second-order valence-corrected chi connectivity index (χ2v) is 5.36. The van der Waals surface area contributed by atoms with E-state index in [4.69, 9.17) is 9.81 Å². The van der Waals surface area contributed by atoms with Crippen molar-refractivity contribution in [1.29, 1.82) is 5.26 Å². The predicted octanol–water partition coefficient (Wildman–Crippen LogP) is 0.0754. The zero-order chi connectivity index (χ0) is 13.1. The minimum absolute atomic E-state index is 0.154. The molecule has 1 aliphatic rings. The molecule has 0 saturated carbocycles. The summed E-state index contributed by atoms with van der Waals surface area (Å²) in [5.74, 6) is 0. The molecule has 1 heterocycles. The summed E-state index contributed by atoms with van der Waals surface area (Å²) in [6, 6.07) is 2.04. The first-order valence-electron chi connectivity index (χ1n) is 5.40. The van der Waals surface area contributed by atoms with E-state index in [0.29, 0.717) is 19.4 Å². The summed E-state index contributed by atoms with van der Waals surface area (Å²) in [7, 11) is -4.47. The molecule has 1 aliphatic heterocycles. The summed E-state index contributed by atoms with van der Waals surface area (Å²) in [5.41, 5.74) is 2.30. The number of likely N-dealkylation sites (tertiary alicyclic amines) is 1. The lowest BCUT2D eigenvalue weighted by Crippen LogP contribution is -2.52. The average Bonchev–Trinajstić information content (AvgIpc) is 2.25. The molecule has 0 unspecified atom stereocenters. The highest BCUT2D eigenvalue weighted by Crippen LogP contribution is 2.19. The molecular weight excluding hydrogens is 246 g/mol. The van der Waals surface area contributed by atoms with Crippen molar-refractivity contribution in [3.63, 3.8) is 0 Å². The first-order chi connectivity index (χ1) is 7.83. The first-order valence-corrected chi connectivity index (χ1v) is 6.76. The Morgan fingerprint density at radius 3 is 2.65 bits per heavy atom. The SMILES string of the molecule is CC(C)N1C[C@H](NOS(=O)(=O)O)CC[C@H]1C#N. The maximum Gasteiger partial charge on any atom is 0.413 e. The van der Waals surface area contributed by atoms with Crippen LogP contribution in [-0.2, 0) is 14.7 Å². The van der Waals surface area contributed by atoms with Gasteiger partial charge in [0, 0.05) is 18.6 Å². The van der Waals surface area contributed by atoms with Crippen molar-refractivity contribution in [3.05, 3.63) is 0 Å². The second-order valence-electron chi connectivity index (χ2n) is 4.34. The Morgan fingerprint density at radius 1 is 1.53 bits per heavy atom. The van der Waals surface area contributed by atoms with Gasteiger partial charge in [0.1, 0.15) is 0 Å². The van der Waals surface area contributed by atoms with Crippen LogP contribution in [0.3, 0.4) is 0 Å². The standard InChI is InChI=1S/C9H17N3O4S/c1-7(2)12-6-8(3-4-9(12)5-10)11-16-17(13,14)15/h7-9,11H,3-4,6H2,1-2H3,(H,13,14,15)/t8-,9+/m1/s1. The molecule has 8 heteroatoms. The third-order valence-electron chi connectivity index (χ3n) is 2.75. The van der Waals surface area contributed by atoms with E-state index in [1.807, 2.05) is 18.7 Å². The fourth-order valence-electron chi connectivity index (χ4n) is 1.93. The maximum atomic E-state index is 10.4. The van der Waals surface area contributed by atoms with Crippen LogP contribution in [0.25, 0.3) is 0 Å². The van der Waals surface area contributed by atoms with Gasteiger partial charge in [0.2, 0.25) is 0 Å². The van der Waals surface area contributed by atoms with E-state index in [1.165, 1.54) is 0 Å². The molecule has 2 N–H and O–H groups in total. The molecule has 0 aliphatic carbocycles. The fraction of sp³-hybridized carbons (Fsp3) is 0.889. The monoisotopic (exact) mass is 263 g/mol. The summed E-state index contributed by atoms with van der Waals surface area (Å²) in [6.07, 6.45) is 1.26. The van der Waals surface area contributed by atoms with Crippen molar-refractivity contribution in [2.24, 2.45) is 0 Å². The van der Waals surface area contributed by atoms with Crippen LogP contribution < -0.4 is 5.48 Å². The highest BCUT2D eigenvalue weighted by atomic mass is 32.3. The lowest BCUT2D eigenvalue weighted by molar-refractivity contribution is 0.0592. The van der Waals surface area contributed by atoms with Gasteiger partial charge < -0.3 is 0 Å². The third-order valence-corrected chi connectivity index (χ3v) is 3.06. The molecule has 1 saturated heterocycles. The number of hydrogen-bond donors (Lipinski definition) is 2. The van der Waals surface area contributed by atoms with Gasteiger partial charge in [-0.15, -0.1) is 0 Å². The fourth-order valence-corrected chi connectivity index (χ4v) is 2.19. The van der Waals surface area contributed by atoms with Crippen molar-refractivity contribution in [2.45, 2.75) is 44.8 Å². The van der Waals surface area contributed by atoms with Crippen molar-refractivity contribution in [2.75, 3.05) is 6.54 Å². The van der Waals surface area contributed by atoms with E-state index >= 15 is 0 Å². The summed E-state index contributed by atoms with van der Waals surface area (Å²) in [6.45, 7) is 4.44. The van der Waals surface area contributed by atoms with E-state index in [1.54, 1.807) is 0 Å². The summed E-state index contributed by atoms with van der Waals surface area (Å²) in [4.78, 5) is 1.97. The van der Waals surface area contributed by atoms with E-state index in [2.05, 4.69) is 15.8 Å². The number of hydroxylamine groups is 1. The van der Waals surface area contributed by atoms with Crippen LogP contribution in [0.2, 0.25) is 0 Å². The Bertz CT molecular complexity index is 390. The largest absolute Gasteiger partial charge is 0.413 e. The topological polar surface area (TPSA) is 103 Å². The van der Waals surface area contributed by atoms with Crippen LogP contribution in [0, 0.1) is 11.3 Å². The van der Waals surface area contributed by atoms with Gasteiger partial charge in [0.05, 0.1) is 12.1 Å². The number of nitriles is 1. The molecule has 0 amide bonds. The van der Waals surface area contributed by atoms with Crippen LogP contribution >= 0.6 is 0 Å². The predicted molar refractivity (Wildman–Crippen MR) is 60.0 cm³/mol. The number of hydrogen-bond acceptors (Lipinski definition) is 6. The smallest absolute Gasteiger partial charge is 0.284 e. The molecule has 98 valence electrons. The van der Waals surface area contributed by atoms with Crippen molar-refractivity contribution in [3.8, 4) is 6.07 Å². The number of piperidine rings is 1. The minimum atomic E-state index is -4.47. The maximum absolute atomic E-state index is 10.4. The van der Waals surface area contributed by atoms with Gasteiger partial charge in [0.15, 0.2) is 0 Å². The van der Waals surface area contributed by atoms with Crippen molar-refractivity contribution < 1.29 is 17.3 Å². The number of nitrogens with zero attached hydrogens (tertiary/aromatic N) is 2. The minimum Gasteiger partial charge on any atom is -0.284 e. The molecule has 0 spiro atoms. The first kappa shape index (κ1) is 14.3. The Kier molecular flexibility index (Phi) is 4.85. The normalized spacial score (nSPS) is 27.0. The zero-order valence-electron chi connectivity index (χ0n) is 9.83. The van der Waals surface area contributed by atoms with Gasteiger partial charge >= 0.3 is 10.4 Å². The van der Waals surface area contributed by atoms with Crippen LogP contribution in [0.4, 0.5) is 0 Å². The molecule has 0 aromatic heterocycles. The van der Waals surface area contributed by atoms with Gasteiger partial charge in [-0.05, 0) is 26.7 Å². The van der Waals surface area contributed by atoms with Gasteiger partial charge in [-0.1, -0.05) is 0 Å². The van der Waals surface area contributed by atoms with Crippen LogP contribution in [0.15, 0.2) is 0 Å². The molecule has 0 aromatic carbocycles. The Morgan fingerprint density at radius 2 is 2.18 bits per heavy atom. The molecule has 0 radical (unpaired) electrons. The van der Waals surface area contributed by atoms with Crippen molar-refractivity contribution >= 4 is 10.4 Å². The molecule has 1 fully saturated rings. The van der Waals surface area contributed by atoms with E-state index in [9.17, 15) is 8.42 Å². The van der Waals surface area contributed by atoms with Crippen LogP contribution in [0.1, 0.15) is 26.7 Å². The van der Waals surface area contributed by atoms with Crippen LogP contribution in [0.5, 0.6) is 0 Å². The van der Waals surface area contributed by atoms with Gasteiger partial charge in [-0.2, -0.15) is 23.4 Å².